The van der Waals surface area contributed by atoms with Crippen LogP contribution in [-0.4, -0.2) is 57.3 Å². The van der Waals surface area contributed by atoms with Crippen molar-refractivity contribution in [3.05, 3.63) is 94.4 Å². The van der Waals surface area contributed by atoms with Crippen LogP contribution < -0.4 is 5.32 Å². The third-order valence-electron chi connectivity index (χ3n) is 10.7. The molecule has 45 heavy (non-hydrogen) atoms. The number of aryl methyl sites for hydroxylation is 4. The Morgan fingerprint density at radius 3 is 2.38 bits per heavy atom. The molecule has 2 atom stereocenters. The molecule has 1 saturated carbocycles. The SMILES string of the molecule is Cc1cc(C)c(NC(=O)C2(N(Cc3cccnc3)C(=O)CC3C(c4c(C)[nH]c5ccccc45)C3(C)C)CCN(C)CC2)c(C)c1. The molecule has 2 N–H and O–H groups in total. The van der Waals surface area contributed by atoms with Crippen molar-refractivity contribution in [3.8, 4) is 0 Å². The summed E-state index contributed by atoms with van der Waals surface area (Å²) < 4.78 is 0. The molecule has 7 heteroatoms. The lowest BCUT2D eigenvalue weighted by molar-refractivity contribution is -0.150. The van der Waals surface area contributed by atoms with E-state index in [1.807, 2.05) is 37.1 Å². The molecule has 6 rings (SSSR count). The monoisotopic (exact) mass is 605 g/mol. The number of pyridine rings is 1. The van der Waals surface area contributed by atoms with E-state index in [4.69, 9.17) is 0 Å². The maximum atomic E-state index is 14.8. The number of carbonyl (C=O) groups excluding carboxylic acids is 2. The predicted molar refractivity (Wildman–Crippen MR) is 181 cm³/mol. The number of benzene rings is 2. The van der Waals surface area contributed by atoms with Gasteiger partial charge in [0.25, 0.3) is 0 Å². The molecule has 0 radical (unpaired) electrons. The molecule has 2 aromatic heterocycles. The summed E-state index contributed by atoms with van der Waals surface area (Å²) >= 11 is 0. The van der Waals surface area contributed by atoms with Crippen molar-refractivity contribution in [1.82, 2.24) is 19.8 Å². The fraction of sp³-hybridized carbons (Fsp3) is 0.447. The second kappa shape index (κ2) is 11.8. The molecule has 1 saturated heterocycles. The van der Waals surface area contributed by atoms with Crippen LogP contribution in [0.1, 0.15) is 72.5 Å². The second-order valence-corrected chi connectivity index (χ2v) is 14.2. The van der Waals surface area contributed by atoms with Crippen molar-refractivity contribution in [3.63, 3.8) is 0 Å². The van der Waals surface area contributed by atoms with Gasteiger partial charge in [-0.05, 0) is 99.2 Å². The van der Waals surface area contributed by atoms with Crippen molar-refractivity contribution in [2.24, 2.45) is 11.3 Å². The van der Waals surface area contributed by atoms with E-state index < -0.39 is 5.54 Å². The fourth-order valence-corrected chi connectivity index (χ4v) is 8.06. The van der Waals surface area contributed by atoms with E-state index in [2.05, 4.69) is 91.3 Å². The number of hydrogen-bond acceptors (Lipinski definition) is 4. The Balaban J connectivity index is 1.36. The van der Waals surface area contributed by atoms with Crippen LogP contribution in [0.5, 0.6) is 0 Å². The molecule has 2 amide bonds. The number of piperidine rings is 1. The van der Waals surface area contributed by atoms with Gasteiger partial charge in [0.1, 0.15) is 5.54 Å². The number of anilines is 1. The number of aromatic amines is 1. The van der Waals surface area contributed by atoms with Crippen LogP contribution >= 0.6 is 0 Å². The van der Waals surface area contributed by atoms with E-state index in [1.165, 1.54) is 16.6 Å². The molecule has 236 valence electrons. The molecule has 3 heterocycles. The number of carbonyl (C=O) groups is 2. The summed E-state index contributed by atoms with van der Waals surface area (Å²) in [5.74, 6) is 0.376. The minimum absolute atomic E-state index is 0.0361. The standard InChI is InChI=1S/C38H47N5O2/c1-24-19-25(2)35(26(3)20-24)41-36(45)38(14-17-42(7)18-15-38)43(23-28-11-10-16-39-22-28)32(44)21-30-34(37(30,5)6)33-27(4)40-31-13-9-8-12-29(31)33/h8-13,16,19-20,22,30,34,40H,14-15,17-18,21,23H2,1-7H3,(H,41,45). The first-order valence-electron chi connectivity index (χ1n) is 16.3. The van der Waals surface area contributed by atoms with Crippen LogP contribution in [0.3, 0.4) is 0 Å². The number of aromatic nitrogens is 2. The van der Waals surface area contributed by atoms with Crippen molar-refractivity contribution < 1.29 is 9.59 Å². The minimum Gasteiger partial charge on any atom is -0.358 e. The van der Waals surface area contributed by atoms with Gasteiger partial charge in [-0.25, -0.2) is 0 Å². The Labute approximate surface area is 267 Å². The first-order valence-corrected chi connectivity index (χ1v) is 16.3. The van der Waals surface area contributed by atoms with E-state index in [-0.39, 0.29) is 29.1 Å². The minimum atomic E-state index is -0.978. The summed E-state index contributed by atoms with van der Waals surface area (Å²) in [6, 6.07) is 16.6. The van der Waals surface area contributed by atoms with Gasteiger partial charge in [0, 0.05) is 60.7 Å². The highest BCUT2D eigenvalue weighted by molar-refractivity contribution is 6.01. The highest BCUT2D eigenvalue weighted by Crippen LogP contribution is 2.67. The summed E-state index contributed by atoms with van der Waals surface area (Å²) in [6.07, 6.45) is 5.10. The molecule has 2 aliphatic rings. The third kappa shape index (κ3) is 5.67. The Morgan fingerprint density at radius 2 is 1.71 bits per heavy atom. The molecule has 4 aromatic rings. The van der Waals surface area contributed by atoms with E-state index in [9.17, 15) is 9.59 Å². The van der Waals surface area contributed by atoms with Crippen LogP contribution in [0, 0.1) is 39.0 Å². The lowest BCUT2D eigenvalue weighted by Gasteiger charge is -2.47. The Hall–Kier alpha value is -3.97. The molecule has 2 unspecified atom stereocenters. The Kier molecular flexibility index (Phi) is 8.10. The average Bonchev–Trinajstić information content (AvgIpc) is 3.35. The average molecular weight is 606 g/mol. The molecule has 1 aliphatic carbocycles. The van der Waals surface area contributed by atoms with Gasteiger partial charge in [0.2, 0.25) is 11.8 Å². The number of rotatable bonds is 8. The van der Waals surface area contributed by atoms with Gasteiger partial charge < -0.3 is 20.1 Å². The lowest BCUT2D eigenvalue weighted by Crippen LogP contribution is -2.63. The summed E-state index contributed by atoms with van der Waals surface area (Å²) in [6.45, 7) is 14.7. The number of para-hydroxylation sites is 1. The van der Waals surface area contributed by atoms with E-state index in [0.717, 1.165) is 46.5 Å². The van der Waals surface area contributed by atoms with Crippen LogP contribution in [-0.2, 0) is 16.1 Å². The van der Waals surface area contributed by atoms with Crippen molar-refractivity contribution in [1.29, 1.82) is 0 Å². The molecule has 0 bridgehead atoms. The third-order valence-corrected chi connectivity index (χ3v) is 10.7. The van der Waals surface area contributed by atoms with Crippen LogP contribution in [0.2, 0.25) is 0 Å². The number of fused-ring (bicyclic) bond motifs is 1. The summed E-state index contributed by atoms with van der Waals surface area (Å²) in [7, 11) is 2.09. The van der Waals surface area contributed by atoms with Gasteiger partial charge in [-0.1, -0.05) is 55.8 Å². The molecular weight excluding hydrogens is 558 g/mol. The van der Waals surface area contributed by atoms with Crippen LogP contribution in [0.15, 0.2) is 60.9 Å². The van der Waals surface area contributed by atoms with Gasteiger partial charge >= 0.3 is 0 Å². The maximum Gasteiger partial charge on any atom is 0.250 e. The van der Waals surface area contributed by atoms with Crippen LogP contribution in [0.25, 0.3) is 10.9 Å². The molecule has 2 fully saturated rings. The number of hydrogen-bond donors (Lipinski definition) is 2. The first kappa shape index (κ1) is 31.0. The normalized spacial score (nSPS) is 20.6. The summed E-state index contributed by atoms with van der Waals surface area (Å²) in [5, 5.41) is 4.57. The Bertz CT molecular complexity index is 1710. The van der Waals surface area contributed by atoms with Gasteiger partial charge in [-0.2, -0.15) is 0 Å². The number of nitrogens with zero attached hydrogens (tertiary/aromatic N) is 3. The first-order chi connectivity index (χ1) is 21.4. The smallest absolute Gasteiger partial charge is 0.250 e. The lowest BCUT2D eigenvalue weighted by atomic mass is 9.83. The van der Waals surface area contributed by atoms with Crippen molar-refractivity contribution in [2.45, 2.75) is 78.8 Å². The van der Waals surface area contributed by atoms with Crippen molar-refractivity contribution in [2.75, 3.05) is 25.5 Å². The zero-order valence-corrected chi connectivity index (χ0v) is 27.8. The largest absolute Gasteiger partial charge is 0.358 e. The number of likely N-dealkylation sites (tertiary alicyclic amines) is 1. The highest BCUT2D eigenvalue weighted by Gasteiger charge is 2.60. The molecule has 1 aliphatic heterocycles. The topological polar surface area (TPSA) is 81.3 Å². The molecule has 7 nitrogen and oxygen atoms in total. The van der Waals surface area contributed by atoms with Crippen LogP contribution in [0.4, 0.5) is 5.69 Å². The maximum absolute atomic E-state index is 14.8. The summed E-state index contributed by atoms with van der Waals surface area (Å²) in [5.41, 5.74) is 7.62. The molecule has 2 aromatic carbocycles. The summed E-state index contributed by atoms with van der Waals surface area (Å²) in [4.78, 5) is 41.5. The van der Waals surface area contributed by atoms with Crippen molar-refractivity contribution >= 4 is 28.4 Å². The van der Waals surface area contributed by atoms with E-state index in [1.54, 1.807) is 6.20 Å². The number of amides is 2. The Morgan fingerprint density at radius 1 is 1.02 bits per heavy atom. The number of nitrogens with one attached hydrogen (secondary N) is 2. The highest BCUT2D eigenvalue weighted by atomic mass is 16.2. The quantitative estimate of drug-likeness (QED) is 0.225. The van der Waals surface area contributed by atoms with E-state index >= 15 is 0 Å². The zero-order valence-electron chi connectivity index (χ0n) is 27.8. The molecule has 0 spiro atoms. The number of H-pyrrole nitrogens is 1. The van der Waals surface area contributed by atoms with Gasteiger partial charge in [-0.3, -0.25) is 14.6 Å². The van der Waals surface area contributed by atoms with Gasteiger partial charge in [0.05, 0.1) is 0 Å². The van der Waals surface area contributed by atoms with E-state index in [0.29, 0.717) is 25.8 Å². The fourth-order valence-electron chi connectivity index (χ4n) is 8.06. The zero-order chi connectivity index (χ0) is 32.1. The predicted octanol–water partition coefficient (Wildman–Crippen LogP) is 7.06. The van der Waals surface area contributed by atoms with Gasteiger partial charge in [-0.15, -0.1) is 0 Å². The second-order valence-electron chi connectivity index (χ2n) is 14.2. The molecular formula is C38H47N5O2. The van der Waals surface area contributed by atoms with Gasteiger partial charge in [0.15, 0.2) is 0 Å².